The quantitative estimate of drug-likeness (QED) is 0.407. The molecular formula is C26H25NO3S. The second-order valence-electron chi connectivity index (χ2n) is 8.52. The van der Waals surface area contributed by atoms with E-state index in [4.69, 9.17) is 4.74 Å². The number of amides is 1. The van der Waals surface area contributed by atoms with Crippen LogP contribution in [0, 0.1) is 0 Å². The minimum atomic E-state index is -1.15. The van der Waals surface area contributed by atoms with Crippen molar-refractivity contribution < 1.29 is 14.3 Å². The number of carbonyl (C=O) groups is 2. The van der Waals surface area contributed by atoms with Gasteiger partial charge < -0.3 is 4.74 Å². The monoisotopic (exact) mass is 431 g/mol. The maximum atomic E-state index is 14.1. The minimum absolute atomic E-state index is 0.0896. The molecular weight excluding hydrogens is 406 g/mol. The van der Waals surface area contributed by atoms with Gasteiger partial charge in [0.1, 0.15) is 5.41 Å². The number of hydrogen-bond acceptors (Lipinski definition) is 4. The molecule has 4 nitrogen and oxygen atoms in total. The zero-order chi connectivity index (χ0) is 22.1. The molecule has 3 aromatic carbocycles. The van der Waals surface area contributed by atoms with Crippen molar-refractivity contribution in [3.05, 3.63) is 108 Å². The molecule has 1 saturated heterocycles. The summed E-state index contributed by atoms with van der Waals surface area (Å²) in [4.78, 5) is 27.2. The van der Waals surface area contributed by atoms with E-state index in [2.05, 4.69) is 0 Å². The Kier molecular flexibility index (Phi) is 5.63. The fourth-order valence-corrected chi connectivity index (χ4v) is 5.29. The molecule has 1 fully saturated rings. The predicted molar refractivity (Wildman–Crippen MR) is 123 cm³/mol. The van der Waals surface area contributed by atoms with Crippen molar-refractivity contribution >= 4 is 23.8 Å². The lowest BCUT2D eigenvalue weighted by Gasteiger charge is -2.34. The molecule has 0 aromatic heterocycles. The maximum absolute atomic E-state index is 14.1. The molecule has 0 spiro atoms. The molecule has 1 heterocycles. The SMILES string of the molecule is CC(C)(C)N1SC(OC(=O)c2ccccc2)C(c2ccccc2)(c2ccccc2)C1=O. The molecule has 1 aliphatic rings. The van der Waals surface area contributed by atoms with Crippen LogP contribution in [0.3, 0.4) is 0 Å². The Morgan fingerprint density at radius 2 is 1.29 bits per heavy atom. The van der Waals surface area contributed by atoms with Crippen LogP contribution in [-0.4, -0.2) is 27.2 Å². The summed E-state index contributed by atoms with van der Waals surface area (Å²) >= 11 is 1.29. The van der Waals surface area contributed by atoms with Crippen LogP contribution in [0.4, 0.5) is 0 Å². The first-order valence-corrected chi connectivity index (χ1v) is 11.1. The van der Waals surface area contributed by atoms with Crippen molar-refractivity contribution in [3.8, 4) is 0 Å². The largest absolute Gasteiger partial charge is 0.444 e. The van der Waals surface area contributed by atoms with Crippen molar-refractivity contribution in [2.24, 2.45) is 0 Å². The number of ether oxygens (including phenoxy) is 1. The molecule has 0 saturated carbocycles. The molecule has 0 bridgehead atoms. The van der Waals surface area contributed by atoms with Gasteiger partial charge >= 0.3 is 5.97 Å². The highest BCUT2D eigenvalue weighted by atomic mass is 32.2. The van der Waals surface area contributed by atoms with E-state index in [-0.39, 0.29) is 5.91 Å². The normalized spacial score (nSPS) is 18.1. The van der Waals surface area contributed by atoms with Gasteiger partial charge in [-0.2, -0.15) is 0 Å². The maximum Gasteiger partial charge on any atom is 0.339 e. The lowest BCUT2D eigenvalue weighted by Crippen LogP contribution is -2.48. The van der Waals surface area contributed by atoms with E-state index >= 15 is 0 Å². The molecule has 0 N–H and O–H groups in total. The number of nitrogens with zero attached hydrogens (tertiary/aromatic N) is 1. The van der Waals surface area contributed by atoms with Crippen LogP contribution >= 0.6 is 11.9 Å². The summed E-state index contributed by atoms with van der Waals surface area (Å²) in [5.74, 6) is -0.536. The van der Waals surface area contributed by atoms with Crippen molar-refractivity contribution in [3.63, 3.8) is 0 Å². The van der Waals surface area contributed by atoms with Gasteiger partial charge in [-0.15, -0.1) is 0 Å². The standard InChI is InChI=1S/C26H25NO3S/c1-25(2,3)27-23(29)26(20-15-9-5-10-16-20,21-17-11-6-12-18-21)24(31-27)30-22(28)19-13-7-4-8-14-19/h4-18,24H,1-3H3. The molecule has 31 heavy (non-hydrogen) atoms. The van der Waals surface area contributed by atoms with Gasteiger partial charge in [0.15, 0.2) is 5.44 Å². The highest BCUT2D eigenvalue weighted by Gasteiger charge is 2.61. The van der Waals surface area contributed by atoms with Crippen LogP contribution in [0.5, 0.6) is 0 Å². The van der Waals surface area contributed by atoms with Gasteiger partial charge in [0, 0.05) is 17.5 Å². The minimum Gasteiger partial charge on any atom is -0.444 e. The van der Waals surface area contributed by atoms with E-state index in [0.29, 0.717) is 5.56 Å². The second kappa shape index (κ2) is 8.23. The molecule has 0 radical (unpaired) electrons. The van der Waals surface area contributed by atoms with Gasteiger partial charge in [0.2, 0.25) is 0 Å². The third-order valence-electron chi connectivity index (χ3n) is 5.37. The Bertz CT molecular complexity index is 1020. The molecule has 4 rings (SSSR count). The molecule has 1 atom stereocenters. The topological polar surface area (TPSA) is 46.6 Å². The number of hydrogen-bond donors (Lipinski definition) is 0. The van der Waals surface area contributed by atoms with Gasteiger partial charge in [-0.1, -0.05) is 78.9 Å². The lowest BCUT2D eigenvalue weighted by molar-refractivity contribution is -0.133. The highest BCUT2D eigenvalue weighted by molar-refractivity contribution is 7.98. The third-order valence-corrected chi connectivity index (χ3v) is 6.93. The molecule has 1 amide bonds. The average Bonchev–Trinajstić information content (AvgIpc) is 3.08. The Balaban J connectivity index is 1.89. The van der Waals surface area contributed by atoms with Gasteiger partial charge in [0.05, 0.1) is 5.56 Å². The molecule has 5 heteroatoms. The Labute approximate surface area is 187 Å². The van der Waals surface area contributed by atoms with Crippen LogP contribution in [0.25, 0.3) is 0 Å². The number of benzene rings is 3. The first-order chi connectivity index (χ1) is 14.8. The highest BCUT2D eigenvalue weighted by Crippen LogP contribution is 2.53. The van der Waals surface area contributed by atoms with Crippen molar-refractivity contribution in [2.45, 2.75) is 37.2 Å². The van der Waals surface area contributed by atoms with E-state index in [1.807, 2.05) is 87.5 Å². The molecule has 1 unspecified atom stereocenters. The van der Waals surface area contributed by atoms with Gasteiger partial charge in [-0.25, -0.2) is 4.79 Å². The Morgan fingerprint density at radius 1 is 0.839 bits per heavy atom. The summed E-state index contributed by atoms with van der Waals surface area (Å²) in [5, 5.41) is 0. The van der Waals surface area contributed by atoms with Crippen LogP contribution < -0.4 is 0 Å². The second-order valence-corrected chi connectivity index (χ2v) is 9.52. The van der Waals surface area contributed by atoms with E-state index in [9.17, 15) is 9.59 Å². The predicted octanol–water partition coefficient (Wildman–Crippen LogP) is 5.44. The van der Waals surface area contributed by atoms with Gasteiger partial charge in [0.25, 0.3) is 5.91 Å². The van der Waals surface area contributed by atoms with Crippen molar-refractivity contribution in [2.75, 3.05) is 0 Å². The molecule has 0 aliphatic carbocycles. The van der Waals surface area contributed by atoms with E-state index < -0.39 is 22.4 Å². The molecule has 158 valence electrons. The fourth-order valence-electron chi connectivity index (χ4n) is 3.88. The summed E-state index contributed by atoms with van der Waals surface area (Å²) in [6, 6.07) is 28.1. The summed E-state index contributed by atoms with van der Waals surface area (Å²) in [6.07, 6.45) is 0. The van der Waals surface area contributed by atoms with E-state index in [1.54, 1.807) is 28.6 Å². The Hall–Kier alpha value is -3.05. The number of carbonyl (C=O) groups excluding carboxylic acids is 2. The van der Waals surface area contributed by atoms with Gasteiger partial charge in [-0.05, 0) is 44.0 Å². The fraction of sp³-hybridized carbons (Fsp3) is 0.231. The summed E-state index contributed by atoms with van der Waals surface area (Å²) in [7, 11) is 0. The third kappa shape index (κ3) is 3.74. The van der Waals surface area contributed by atoms with Crippen LogP contribution in [0.2, 0.25) is 0 Å². The lowest BCUT2D eigenvalue weighted by atomic mass is 9.73. The summed E-state index contributed by atoms with van der Waals surface area (Å²) in [6.45, 7) is 5.96. The Morgan fingerprint density at radius 3 is 1.74 bits per heavy atom. The average molecular weight is 432 g/mol. The zero-order valence-corrected chi connectivity index (χ0v) is 18.6. The first-order valence-electron chi connectivity index (χ1n) is 10.2. The van der Waals surface area contributed by atoms with Gasteiger partial charge in [-0.3, -0.25) is 9.10 Å². The van der Waals surface area contributed by atoms with Crippen LogP contribution in [-0.2, 0) is 14.9 Å². The van der Waals surface area contributed by atoms with Crippen LogP contribution in [0.1, 0.15) is 42.3 Å². The number of esters is 1. The van der Waals surface area contributed by atoms with Crippen molar-refractivity contribution in [1.82, 2.24) is 4.31 Å². The van der Waals surface area contributed by atoms with Crippen molar-refractivity contribution in [1.29, 1.82) is 0 Å². The summed E-state index contributed by atoms with van der Waals surface area (Å²) < 4.78 is 7.83. The van der Waals surface area contributed by atoms with Crippen LogP contribution in [0.15, 0.2) is 91.0 Å². The van der Waals surface area contributed by atoms with E-state index in [0.717, 1.165) is 11.1 Å². The smallest absolute Gasteiger partial charge is 0.339 e. The number of rotatable bonds is 4. The summed E-state index contributed by atoms with van der Waals surface area (Å²) in [5.41, 5.74) is -0.292. The first kappa shape index (κ1) is 21.2. The molecule has 3 aromatic rings. The van der Waals surface area contributed by atoms with E-state index in [1.165, 1.54) is 11.9 Å². The zero-order valence-electron chi connectivity index (χ0n) is 17.8. The molecule has 1 aliphatic heterocycles.